The van der Waals surface area contributed by atoms with E-state index in [9.17, 15) is 9.59 Å². The predicted octanol–water partition coefficient (Wildman–Crippen LogP) is 5.01. The van der Waals surface area contributed by atoms with E-state index in [1.54, 1.807) is 25.5 Å². The Kier molecular flexibility index (Phi) is 10.5. The van der Waals surface area contributed by atoms with Gasteiger partial charge in [-0.1, -0.05) is 27.4 Å². The third-order valence-corrected chi connectivity index (χ3v) is 4.72. The summed E-state index contributed by atoms with van der Waals surface area (Å²) >= 11 is 0. The Labute approximate surface area is 207 Å². The van der Waals surface area contributed by atoms with Crippen LogP contribution in [0.1, 0.15) is 39.7 Å². The van der Waals surface area contributed by atoms with Gasteiger partial charge in [-0.05, 0) is 48.7 Å². The van der Waals surface area contributed by atoms with Gasteiger partial charge in [0.25, 0.3) is 0 Å². The van der Waals surface area contributed by atoms with Gasteiger partial charge in [-0.2, -0.15) is 0 Å². The Balaban J connectivity index is 1.96. The number of anilines is 2. The molecule has 0 fully saturated rings. The first-order valence-corrected chi connectivity index (χ1v) is 11.5. The van der Waals surface area contributed by atoms with Crippen molar-refractivity contribution in [2.75, 3.05) is 37.5 Å². The van der Waals surface area contributed by atoms with Crippen LogP contribution in [0.25, 0.3) is 5.70 Å². The predicted molar refractivity (Wildman–Crippen MR) is 142 cm³/mol. The normalized spacial score (nSPS) is 11.2. The molecule has 0 saturated heterocycles. The number of nitrogens with zero attached hydrogens (tertiary/aromatic N) is 1. The highest BCUT2D eigenvalue weighted by Crippen LogP contribution is 2.31. The summed E-state index contributed by atoms with van der Waals surface area (Å²) in [4.78, 5) is 28.6. The van der Waals surface area contributed by atoms with Gasteiger partial charge in [-0.3, -0.25) is 14.6 Å². The van der Waals surface area contributed by atoms with Crippen molar-refractivity contribution in [3.8, 4) is 5.75 Å². The first kappa shape index (κ1) is 27.6. The van der Waals surface area contributed by atoms with Crippen molar-refractivity contribution in [3.05, 3.63) is 54.6 Å². The molecule has 8 heteroatoms. The van der Waals surface area contributed by atoms with Gasteiger partial charge in [0, 0.05) is 48.6 Å². The van der Waals surface area contributed by atoms with Gasteiger partial charge in [-0.25, -0.2) is 0 Å². The lowest BCUT2D eigenvalue weighted by atomic mass is 9.97. The van der Waals surface area contributed by atoms with E-state index in [1.165, 1.54) is 0 Å². The van der Waals surface area contributed by atoms with Gasteiger partial charge in [0.15, 0.2) is 0 Å². The maximum atomic E-state index is 12.2. The standard InChI is InChI=1S/C27H36N4O4/c1-7-28-24-16-22(35-15-14-34-6)12-13-23(24)19(2)30-20-8-10-21(11-9-20)31-26(33)17-25(32)29-18-27(3,4)5/h7-13,16,30H,2,14-15,17-18H2,1,3-6H3,(H,29,32)(H,31,33). The van der Waals surface area contributed by atoms with E-state index >= 15 is 0 Å². The minimum atomic E-state index is -0.364. The van der Waals surface area contributed by atoms with Gasteiger partial charge >= 0.3 is 0 Å². The first-order valence-electron chi connectivity index (χ1n) is 11.5. The van der Waals surface area contributed by atoms with Crippen molar-refractivity contribution in [3.63, 3.8) is 0 Å². The molecule has 8 nitrogen and oxygen atoms in total. The zero-order chi connectivity index (χ0) is 25.8. The first-order chi connectivity index (χ1) is 16.6. The molecule has 0 saturated carbocycles. The molecule has 0 aliphatic heterocycles. The fraction of sp³-hybridized carbons (Fsp3) is 0.370. The lowest BCUT2D eigenvalue weighted by Gasteiger charge is -2.18. The Morgan fingerprint density at radius 1 is 1.00 bits per heavy atom. The number of carbonyl (C=O) groups is 2. The number of nitrogens with one attached hydrogen (secondary N) is 3. The van der Waals surface area contributed by atoms with E-state index in [4.69, 9.17) is 9.47 Å². The monoisotopic (exact) mass is 480 g/mol. The number of hydrogen-bond acceptors (Lipinski definition) is 6. The van der Waals surface area contributed by atoms with Crippen LogP contribution in [0.4, 0.5) is 17.1 Å². The molecular formula is C27H36N4O4. The number of amides is 2. The number of hydrogen-bond donors (Lipinski definition) is 3. The van der Waals surface area contributed by atoms with Gasteiger partial charge in [0.05, 0.1) is 12.3 Å². The summed E-state index contributed by atoms with van der Waals surface area (Å²) < 4.78 is 10.7. The minimum Gasteiger partial charge on any atom is -0.491 e. The molecule has 0 atom stereocenters. The molecule has 2 rings (SSSR count). The fourth-order valence-electron chi connectivity index (χ4n) is 3.00. The largest absolute Gasteiger partial charge is 0.491 e. The zero-order valence-electron chi connectivity index (χ0n) is 21.2. The van der Waals surface area contributed by atoms with Gasteiger partial charge in [-0.15, -0.1) is 0 Å². The molecule has 0 bridgehead atoms. The average molecular weight is 481 g/mol. The van der Waals surface area contributed by atoms with E-state index < -0.39 is 0 Å². The van der Waals surface area contributed by atoms with E-state index in [0.29, 0.717) is 36.9 Å². The summed E-state index contributed by atoms with van der Waals surface area (Å²) in [5.74, 6) is 0.0375. The molecule has 0 aromatic heterocycles. The van der Waals surface area contributed by atoms with E-state index in [-0.39, 0.29) is 23.7 Å². The molecule has 0 aliphatic rings. The molecule has 2 aromatic carbocycles. The minimum absolute atomic E-state index is 0.0392. The number of methoxy groups -OCH3 is 1. The molecule has 0 aliphatic carbocycles. The summed E-state index contributed by atoms with van der Waals surface area (Å²) in [6.07, 6.45) is 1.49. The number of aliphatic imine (C=N–C) groups is 1. The summed E-state index contributed by atoms with van der Waals surface area (Å²) in [5, 5.41) is 8.78. The maximum Gasteiger partial charge on any atom is 0.233 e. The molecule has 188 valence electrons. The zero-order valence-corrected chi connectivity index (χ0v) is 21.2. The Hall–Kier alpha value is -3.65. The van der Waals surface area contributed by atoms with Gasteiger partial charge in [0.2, 0.25) is 11.8 Å². The highest BCUT2D eigenvalue weighted by molar-refractivity contribution is 6.03. The molecular weight excluding hydrogens is 444 g/mol. The number of ether oxygens (including phenoxy) is 2. The van der Waals surface area contributed by atoms with Crippen LogP contribution in [0.2, 0.25) is 0 Å². The Morgan fingerprint density at radius 2 is 1.66 bits per heavy atom. The SMILES string of the molecule is C=C(Nc1ccc(NC(=O)CC(=O)NCC(C)(C)C)cc1)c1ccc(OCCOC)cc1N=CC. The van der Waals surface area contributed by atoms with Crippen molar-refractivity contribution >= 4 is 40.8 Å². The maximum absolute atomic E-state index is 12.2. The molecule has 0 spiro atoms. The third kappa shape index (κ3) is 10.0. The van der Waals surface area contributed by atoms with Gasteiger partial charge < -0.3 is 25.4 Å². The van der Waals surface area contributed by atoms with Crippen LogP contribution in [0, 0.1) is 5.41 Å². The average Bonchev–Trinajstić information content (AvgIpc) is 2.79. The summed E-state index contributed by atoms with van der Waals surface area (Å²) in [7, 11) is 1.63. The molecule has 0 heterocycles. The number of rotatable bonds is 12. The smallest absolute Gasteiger partial charge is 0.233 e. The lowest BCUT2D eigenvalue weighted by molar-refractivity contribution is -0.127. The summed E-state index contributed by atoms with van der Waals surface area (Å²) in [6, 6.07) is 12.8. The molecule has 0 unspecified atom stereocenters. The van der Waals surface area contributed by atoms with Crippen LogP contribution in [0.5, 0.6) is 5.75 Å². The van der Waals surface area contributed by atoms with Crippen molar-refractivity contribution in [2.45, 2.75) is 34.1 Å². The highest BCUT2D eigenvalue weighted by atomic mass is 16.5. The lowest BCUT2D eigenvalue weighted by Crippen LogP contribution is -2.34. The fourth-order valence-corrected chi connectivity index (χ4v) is 3.00. The molecule has 2 amide bonds. The van der Waals surface area contributed by atoms with Crippen molar-refractivity contribution in [2.24, 2.45) is 10.4 Å². The molecule has 0 radical (unpaired) electrons. The van der Waals surface area contributed by atoms with Crippen LogP contribution in [0.3, 0.4) is 0 Å². The summed E-state index contributed by atoms with van der Waals surface area (Å²) in [5.41, 5.74) is 3.59. The highest BCUT2D eigenvalue weighted by Gasteiger charge is 2.14. The third-order valence-electron chi connectivity index (χ3n) is 4.72. The van der Waals surface area contributed by atoms with Crippen LogP contribution in [-0.4, -0.2) is 44.9 Å². The van der Waals surface area contributed by atoms with E-state index in [1.807, 2.05) is 58.0 Å². The molecule has 35 heavy (non-hydrogen) atoms. The second-order valence-electron chi connectivity index (χ2n) is 9.15. The van der Waals surface area contributed by atoms with Crippen LogP contribution in [-0.2, 0) is 14.3 Å². The van der Waals surface area contributed by atoms with E-state index in [2.05, 4.69) is 27.5 Å². The van der Waals surface area contributed by atoms with E-state index in [0.717, 1.165) is 16.9 Å². The van der Waals surface area contributed by atoms with Crippen molar-refractivity contribution in [1.29, 1.82) is 0 Å². The second-order valence-corrected chi connectivity index (χ2v) is 9.15. The van der Waals surface area contributed by atoms with Crippen molar-refractivity contribution < 1.29 is 19.1 Å². The molecule has 2 aromatic rings. The van der Waals surface area contributed by atoms with Crippen LogP contribution < -0.4 is 20.7 Å². The number of benzene rings is 2. The quantitative estimate of drug-likeness (QED) is 0.225. The molecule has 3 N–H and O–H groups in total. The van der Waals surface area contributed by atoms with Crippen molar-refractivity contribution in [1.82, 2.24) is 5.32 Å². The van der Waals surface area contributed by atoms with Gasteiger partial charge in [0.1, 0.15) is 18.8 Å². The Bertz CT molecular complexity index is 1040. The topological polar surface area (TPSA) is 101 Å². The number of carbonyl (C=O) groups excluding carboxylic acids is 2. The second kappa shape index (κ2) is 13.3. The van der Waals surface area contributed by atoms with Crippen LogP contribution >= 0.6 is 0 Å². The van der Waals surface area contributed by atoms with Crippen LogP contribution in [0.15, 0.2) is 54.0 Å². The Morgan fingerprint density at radius 3 is 2.26 bits per heavy atom. The summed E-state index contributed by atoms with van der Waals surface area (Å²) in [6.45, 7) is 13.5.